The molecule has 3 rings (SSSR count). The van der Waals surface area contributed by atoms with Crippen LogP contribution in [0.5, 0.6) is 0 Å². The number of amides is 3. The third-order valence-electron chi connectivity index (χ3n) is 6.29. The Bertz CT molecular complexity index is 749. The minimum absolute atomic E-state index is 0.0166. The predicted octanol–water partition coefficient (Wildman–Crippen LogP) is 2.94. The van der Waals surface area contributed by atoms with Crippen LogP contribution in [-0.2, 0) is 14.4 Å². The topological polar surface area (TPSA) is 81.8 Å². The van der Waals surface area contributed by atoms with E-state index in [1.807, 2.05) is 6.92 Å². The lowest BCUT2D eigenvalue weighted by atomic mass is 9.75. The molecule has 2 fully saturated rings. The summed E-state index contributed by atoms with van der Waals surface area (Å²) in [5.41, 5.74) is 1.31. The van der Waals surface area contributed by atoms with E-state index in [0.29, 0.717) is 24.5 Å². The molecule has 7 nitrogen and oxygen atoms in total. The van der Waals surface area contributed by atoms with Crippen LogP contribution in [0.3, 0.4) is 0 Å². The number of carbonyl (C=O) groups excluding carboxylic acids is 3. The normalized spacial score (nSPS) is 21.4. The van der Waals surface area contributed by atoms with E-state index in [-0.39, 0.29) is 24.3 Å². The van der Waals surface area contributed by atoms with Crippen molar-refractivity contribution in [3.05, 3.63) is 24.3 Å². The summed E-state index contributed by atoms with van der Waals surface area (Å²) in [6, 6.07) is 6.93. The first-order chi connectivity index (χ1) is 14.4. The number of likely N-dealkylation sites (tertiary alicyclic amines) is 1. The number of hydrogen-bond acceptors (Lipinski definition) is 4. The average Bonchev–Trinajstić information content (AvgIpc) is 2.73. The SMILES string of the molecule is CCN(CC(=O)Nc1ccc(NC(C)=O)cc1)C(=O)CN1CC[C@H]2CCCC[C@@H]2C1. The number of nitrogens with zero attached hydrogens (tertiary/aromatic N) is 2. The zero-order valence-electron chi connectivity index (χ0n) is 18.2. The molecule has 1 aliphatic carbocycles. The van der Waals surface area contributed by atoms with Gasteiger partial charge in [-0.2, -0.15) is 0 Å². The van der Waals surface area contributed by atoms with Gasteiger partial charge in [0.05, 0.1) is 13.1 Å². The predicted molar refractivity (Wildman–Crippen MR) is 118 cm³/mol. The van der Waals surface area contributed by atoms with Gasteiger partial charge >= 0.3 is 0 Å². The molecule has 164 valence electrons. The van der Waals surface area contributed by atoms with Gasteiger partial charge in [-0.05, 0) is 62.4 Å². The summed E-state index contributed by atoms with van der Waals surface area (Å²) in [5.74, 6) is 1.23. The smallest absolute Gasteiger partial charge is 0.243 e. The highest BCUT2D eigenvalue weighted by Crippen LogP contribution is 2.35. The van der Waals surface area contributed by atoms with Gasteiger partial charge in [0.1, 0.15) is 0 Å². The van der Waals surface area contributed by atoms with E-state index in [1.54, 1.807) is 29.2 Å². The van der Waals surface area contributed by atoms with Crippen molar-refractivity contribution in [1.82, 2.24) is 9.80 Å². The van der Waals surface area contributed by atoms with Gasteiger partial charge in [-0.3, -0.25) is 19.3 Å². The molecule has 1 heterocycles. The minimum atomic E-state index is -0.219. The lowest BCUT2D eigenvalue weighted by molar-refractivity contribution is -0.136. The summed E-state index contributed by atoms with van der Waals surface area (Å²) in [5, 5.41) is 5.51. The van der Waals surface area contributed by atoms with Gasteiger partial charge in [-0.1, -0.05) is 19.3 Å². The largest absolute Gasteiger partial charge is 0.333 e. The van der Waals surface area contributed by atoms with E-state index in [2.05, 4.69) is 15.5 Å². The molecule has 0 bridgehead atoms. The number of hydrogen-bond donors (Lipinski definition) is 2. The third kappa shape index (κ3) is 6.29. The molecule has 2 N–H and O–H groups in total. The maximum Gasteiger partial charge on any atom is 0.243 e. The van der Waals surface area contributed by atoms with Gasteiger partial charge in [-0.15, -0.1) is 0 Å². The first-order valence-electron chi connectivity index (χ1n) is 11.1. The van der Waals surface area contributed by atoms with Gasteiger partial charge in [0, 0.05) is 31.4 Å². The molecule has 2 atom stereocenters. The fourth-order valence-electron chi connectivity index (χ4n) is 4.70. The number of nitrogens with one attached hydrogen (secondary N) is 2. The Labute approximate surface area is 179 Å². The Kier molecular flexibility index (Phi) is 7.85. The molecule has 1 saturated heterocycles. The van der Waals surface area contributed by atoms with E-state index in [4.69, 9.17) is 0 Å². The molecular weight excluding hydrogens is 380 g/mol. The fourth-order valence-corrected chi connectivity index (χ4v) is 4.70. The van der Waals surface area contributed by atoms with Crippen molar-refractivity contribution in [3.8, 4) is 0 Å². The molecule has 0 unspecified atom stereocenters. The number of fused-ring (bicyclic) bond motifs is 1. The van der Waals surface area contributed by atoms with Crippen molar-refractivity contribution >= 4 is 29.1 Å². The van der Waals surface area contributed by atoms with Crippen LogP contribution < -0.4 is 10.6 Å². The van der Waals surface area contributed by atoms with Crippen molar-refractivity contribution in [2.75, 3.05) is 43.4 Å². The van der Waals surface area contributed by atoms with Gasteiger partial charge in [0.15, 0.2) is 0 Å². The van der Waals surface area contributed by atoms with Crippen molar-refractivity contribution in [2.24, 2.45) is 11.8 Å². The van der Waals surface area contributed by atoms with Gasteiger partial charge in [0.2, 0.25) is 17.7 Å². The second-order valence-electron chi connectivity index (χ2n) is 8.54. The third-order valence-corrected chi connectivity index (χ3v) is 6.29. The molecule has 0 aromatic heterocycles. The van der Waals surface area contributed by atoms with Crippen LogP contribution in [0, 0.1) is 11.8 Å². The fraction of sp³-hybridized carbons (Fsp3) is 0.609. The maximum absolute atomic E-state index is 12.8. The highest BCUT2D eigenvalue weighted by Gasteiger charge is 2.32. The Morgan fingerprint density at radius 2 is 1.63 bits per heavy atom. The number of piperidine rings is 1. The second-order valence-corrected chi connectivity index (χ2v) is 8.54. The highest BCUT2D eigenvalue weighted by molar-refractivity contribution is 5.95. The van der Waals surface area contributed by atoms with E-state index >= 15 is 0 Å². The lowest BCUT2D eigenvalue weighted by Gasteiger charge is -2.41. The molecule has 0 spiro atoms. The molecule has 2 aliphatic rings. The molecule has 3 amide bonds. The Balaban J connectivity index is 1.47. The lowest BCUT2D eigenvalue weighted by Crippen LogP contribution is -2.48. The number of benzene rings is 1. The number of likely N-dealkylation sites (N-methyl/N-ethyl adjacent to an activating group) is 1. The summed E-state index contributed by atoms with van der Waals surface area (Å²) in [7, 11) is 0. The molecule has 1 aromatic rings. The summed E-state index contributed by atoms with van der Waals surface area (Å²) in [6.07, 6.45) is 6.50. The van der Waals surface area contributed by atoms with Crippen LogP contribution in [0.1, 0.15) is 46.0 Å². The maximum atomic E-state index is 12.8. The van der Waals surface area contributed by atoms with Crippen LogP contribution in [0.25, 0.3) is 0 Å². The van der Waals surface area contributed by atoms with Gasteiger partial charge < -0.3 is 15.5 Å². The Hall–Kier alpha value is -2.41. The van der Waals surface area contributed by atoms with Crippen molar-refractivity contribution in [2.45, 2.75) is 46.0 Å². The Morgan fingerprint density at radius 1 is 1.00 bits per heavy atom. The minimum Gasteiger partial charge on any atom is -0.333 e. The second kappa shape index (κ2) is 10.6. The van der Waals surface area contributed by atoms with E-state index in [9.17, 15) is 14.4 Å². The molecule has 0 radical (unpaired) electrons. The van der Waals surface area contributed by atoms with Crippen molar-refractivity contribution in [1.29, 1.82) is 0 Å². The summed E-state index contributed by atoms with van der Waals surface area (Å²) in [4.78, 5) is 40.2. The van der Waals surface area contributed by atoms with Crippen molar-refractivity contribution in [3.63, 3.8) is 0 Å². The van der Waals surface area contributed by atoms with Crippen LogP contribution in [0.2, 0.25) is 0 Å². The quantitative estimate of drug-likeness (QED) is 0.719. The van der Waals surface area contributed by atoms with E-state index in [0.717, 1.165) is 24.9 Å². The van der Waals surface area contributed by atoms with Crippen LogP contribution in [0.4, 0.5) is 11.4 Å². The Morgan fingerprint density at radius 3 is 2.27 bits per heavy atom. The molecule has 1 aliphatic heterocycles. The van der Waals surface area contributed by atoms with Gasteiger partial charge in [0.25, 0.3) is 0 Å². The average molecular weight is 415 g/mol. The van der Waals surface area contributed by atoms with Crippen molar-refractivity contribution < 1.29 is 14.4 Å². The molecule has 1 aromatic carbocycles. The monoisotopic (exact) mass is 414 g/mol. The number of rotatable bonds is 7. The summed E-state index contributed by atoms with van der Waals surface area (Å²) in [6.45, 7) is 6.30. The first-order valence-corrected chi connectivity index (χ1v) is 11.1. The molecule has 7 heteroatoms. The van der Waals surface area contributed by atoms with Gasteiger partial charge in [-0.25, -0.2) is 0 Å². The number of carbonyl (C=O) groups is 3. The zero-order chi connectivity index (χ0) is 21.5. The highest BCUT2D eigenvalue weighted by atomic mass is 16.2. The molecule has 1 saturated carbocycles. The first kappa shape index (κ1) is 22.3. The van der Waals surface area contributed by atoms with Crippen LogP contribution >= 0.6 is 0 Å². The van der Waals surface area contributed by atoms with Crippen LogP contribution in [0.15, 0.2) is 24.3 Å². The molecular formula is C23H34N4O3. The van der Waals surface area contributed by atoms with Crippen LogP contribution in [-0.4, -0.2) is 60.2 Å². The van der Waals surface area contributed by atoms with E-state index in [1.165, 1.54) is 39.0 Å². The zero-order valence-corrected chi connectivity index (χ0v) is 18.2. The summed E-state index contributed by atoms with van der Waals surface area (Å²) < 4.78 is 0. The number of anilines is 2. The molecule has 30 heavy (non-hydrogen) atoms. The van der Waals surface area contributed by atoms with E-state index < -0.39 is 0 Å². The standard InChI is InChI=1S/C23H34N4O3/c1-3-27(15-22(29)25-21-10-8-20(9-11-21)24-17(2)28)23(30)16-26-13-12-18-6-4-5-7-19(18)14-26/h8-11,18-19H,3-7,12-16H2,1-2H3,(H,24,28)(H,25,29)/t18-,19-/m1/s1. The summed E-state index contributed by atoms with van der Waals surface area (Å²) >= 11 is 0.